The number of rotatable bonds is 7. The first-order valence-electron chi connectivity index (χ1n) is 7.67. The van der Waals surface area contributed by atoms with E-state index >= 15 is 0 Å². The summed E-state index contributed by atoms with van der Waals surface area (Å²) < 4.78 is 18.7. The standard InChI is InChI=1S/C16H21FN2O4/c17-13-5-3-11(4-6-13)15-12(7-9-23-15)10-19-16(22)18-8-1-2-14(20)21/h3-6,12,15H,1-2,7-10H2,(H,20,21)(H2,18,19,22)/t12-,15-/m0/s1. The fourth-order valence-corrected chi connectivity index (χ4v) is 2.59. The third kappa shape index (κ3) is 5.52. The van der Waals surface area contributed by atoms with Gasteiger partial charge in [-0.25, -0.2) is 9.18 Å². The van der Waals surface area contributed by atoms with Gasteiger partial charge in [-0.05, 0) is 30.5 Å². The molecule has 1 aliphatic rings. The van der Waals surface area contributed by atoms with E-state index in [4.69, 9.17) is 9.84 Å². The number of ether oxygens (including phenoxy) is 1. The maximum atomic E-state index is 13.0. The molecule has 1 aromatic carbocycles. The Balaban J connectivity index is 1.74. The average Bonchev–Trinajstić information content (AvgIpc) is 2.98. The number of carbonyl (C=O) groups is 2. The molecule has 0 spiro atoms. The first kappa shape index (κ1) is 17.2. The number of nitrogens with one attached hydrogen (secondary N) is 2. The molecule has 23 heavy (non-hydrogen) atoms. The van der Waals surface area contributed by atoms with Crippen LogP contribution in [0.15, 0.2) is 24.3 Å². The molecule has 6 nitrogen and oxygen atoms in total. The maximum Gasteiger partial charge on any atom is 0.314 e. The van der Waals surface area contributed by atoms with Gasteiger partial charge in [0, 0.05) is 32.0 Å². The fraction of sp³-hybridized carbons (Fsp3) is 0.500. The van der Waals surface area contributed by atoms with Crippen LogP contribution >= 0.6 is 0 Å². The van der Waals surface area contributed by atoms with E-state index in [1.54, 1.807) is 12.1 Å². The maximum absolute atomic E-state index is 13.0. The second-order valence-corrected chi connectivity index (χ2v) is 5.53. The van der Waals surface area contributed by atoms with Gasteiger partial charge < -0.3 is 20.5 Å². The SMILES string of the molecule is O=C(O)CCCNC(=O)NC[C@@H]1CCO[C@H]1c1ccc(F)cc1. The average molecular weight is 324 g/mol. The predicted molar refractivity (Wildman–Crippen MR) is 81.5 cm³/mol. The van der Waals surface area contributed by atoms with Crippen molar-refractivity contribution in [3.63, 3.8) is 0 Å². The predicted octanol–water partition coefficient (Wildman–Crippen LogP) is 2.07. The van der Waals surface area contributed by atoms with Gasteiger partial charge in [0.15, 0.2) is 0 Å². The van der Waals surface area contributed by atoms with E-state index in [1.165, 1.54) is 12.1 Å². The lowest BCUT2D eigenvalue weighted by Crippen LogP contribution is -2.39. The Morgan fingerprint density at radius 1 is 1.26 bits per heavy atom. The van der Waals surface area contributed by atoms with Crippen molar-refractivity contribution in [3.8, 4) is 0 Å². The number of benzene rings is 1. The normalized spacial score (nSPS) is 20.2. The van der Waals surface area contributed by atoms with Crippen molar-refractivity contribution in [3.05, 3.63) is 35.6 Å². The van der Waals surface area contributed by atoms with Gasteiger partial charge in [-0.1, -0.05) is 12.1 Å². The minimum Gasteiger partial charge on any atom is -0.481 e. The van der Waals surface area contributed by atoms with Gasteiger partial charge in [0.2, 0.25) is 0 Å². The molecule has 1 aromatic rings. The van der Waals surface area contributed by atoms with Crippen molar-refractivity contribution in [2.24, 2.45) is 5.92 Å². The van der Waals surface area contributed by atoms with E-state index in [9.17, 15) is 14.0 Å². The van der Waals surface area contributed by atoms with Crippen LogP contribution in [0.2, 0.25) is 0 Å². The van der Waals surface area contributed by atoms with Gasteiger partial charge in [0.25, 0.3) is 0 Å². The topological polar surface area (TPSA) is 87.7 Å². The molecule has 126 valence electrons. The summed E-state index contributed by atoms with van der Waals surface area (Å²) >= 11 is 0. The van der Waals surface area contributed by atoms with Crippen molar-refractivity contribution in [2.45, 2.75) is 25.4 Å². The number of carboxylic acids is 1. The number of hydrogen-bond acceptors (Lipinski definition) is 3. The van der Waals surface area contributed by atoms with Crippen molar-refractivity contribution >= 4 is 12.0 Å². The van der Waals surface area contributed by atoms with E-state index in [1.807, 2.05) is 0 Å². The molecule has 1 aliphatic heterocycles. The highest BCUT2D eigenvalue weighted by molar-refractivity contribution is 5.73. The highest BCUT2D eigenvalue weighted by atomic mass is 19.1. The fourth-order valence-electron chi connectivity index (χ4n) is 2.59. The van der Waals surface area contributed by atoms with E-state index in [0.29, 0.717) is 26.1 Å². The van der Waals surface area contributed by atoms with E-state index in [-0.39, 0.29) is 30.3 Å². The molecule has 0 unspecified atom stereocenters. The Morgan fingerprint density at radius 2 is 2.00 bits per heavy atom. The zero-order chi connectivity index (χ0) is 16.7. The number of hydrogen-bond donors (Lipinski definition) is 3. The molecule has 0 bridgehead atoms. The lowest BCUT2D eigenvalue weighted by Gasteiger charge is -2.19. The molecular weight excluding hydrogens is 303 g/mol. The van der Waals surface area contributed by atoms with Crippen molar-refractivity contribution in [2.75, 3.05) is 19.7 Å². The van der Waals surface area contributed by atoms with Gasteiger partial charge in [0.05, 0.1) is 6.10 Å². The number of carboxylic acid groups (broad SMARTS) is 1. The summed E-state index contributed by atoms with van der Waals surface area (Å²) in [5.41, 5.74) is 0.901. The first-order chi connectivity index (χ1) is 11.1. The van der Waals surface area contributed by atoms with Crippen LogP contribution in [0, 0.1) is 11.7 Å². The Kier molecular flexibility index (Phi) is 6.34. The van der Waals surface area contributed by atoms with Crippen LogP contribution in [-0.4, -0.2) is 36.8 Å². The molecule has 0 radical (unpaired) electrons. The van der Waals surface area contributed by atoms with E-state index in [0.717, 1.165) is 12.0 Å². The molecule has 1 heterocycles. The van der Waals surface area contributed by atoms with Crippen LogP contribution in [0.25, 0.3) is 0 Å². The van der Waals surface area contributed by atoms with Crippen LogP contribution in [0.5, 0.6) is 0 Å². The highest BCUT2D eigenvalue weighted by Crippen LogP contribution is 2.34. The number of carbonyl (C=O) groups excluding carboxylic acids is 1. The first-order valence-corrected chi connectivity index (χ1v) is 7.67. The Labute approximate surface area is 134 Å². The van der Waals surface area contributed by atoms with Gasteiger partial charge >= 0.3 is 12.0 Å². The van der Waals surface area contributed by atoms with Gasteiger partial charge in [-0.15, -0.1) is 0 Å². The van der Waals surface area contributed by atoms with Gasteiger partial charge in [-0.2, -0.15) is 0 Å². The highest BCUT2D eigenvalue weighted by Gasteiger charge is 2.29. The summed E-state index contributed by atoms with van der Waals surface area (Å²) in [5, 5.41) is 13.9. The lowest BCUT2D eigenvalue weighted by atomic mass is 9.95. The van der Waals surface area contributed by atoms with Crippen molar-refractivity contribution in [1.82, 2.24) is 10.6 Å². The molecular formula is C16H21FN2O4. The third-order valence-corrected chi connectivity index (χ3v) is 3.79. The zero-order valence-electron chi connectivity index (χ0n) is 12.8. The minimum absolute atomic E-state index is 0.0311. The number of urea groups is 1. The van der Waals surface area contributed by atoms with E-state index in [2.05, 4.69) is 10.6 Å². The van der Waals surface area contributed by atoms with Crippen LogP contribution < -0.4 is 10.6 Å². The lowest BCUT2D eigenvalue weighted by molar-refractivity contribution is -0.137. The van der Waals surface area contributed by atoms with Crippen molar-refractivity contribution < 1.29 is 23.8 Å². The number of amides is 2. The number of aliphatic carboxylic acids is 1. The summed E-state index contributed by atoms with van der Waals surface area (Å²) in [6, 6.07) is 5.88. The molecule has 0 aromatic heterocycles. The largest absolute Gasteiger partial charge is 0.481 e. The van der Waals surface area contributed by atoms with Crippen LogP contribution in [0.4, 0.5) is 9.18 Å². The quantitative estimate of drug-likeness (QED) is 0.670. The summed E-state index contributed by atoms with van der Waals surface area (Å²) in [7, 11) is 0. The van der Waals surface area contributed by atoms with E-state index < -0.39 is 5.97 Å². The molecule has 1 fully saturated rings. The molecule has 3 N–H and O–H groups in total. The number of halogens is 1. The summed E-state index contributed by atoms with van der Waals surface area (Å²) in [6.07, 6.45) is 1.10. The van der Waals surface area contributed by atoms with Gasteiger partial charge in [0.1, 0.15) is 5.82 Å². The second kappa shape index (κ2) is 8.47. The van der Waals surface area contributed by atoms with Crippen LogP contribution in [0.3, 0.4) is 0 Å². The van der Waals surface area contributed by atoms with Crippen LogP contribution in [0.1, 0.15) is 30.9 Å². The molecule has 0 saturated carbocycles. The molecule has 2 atom stereocenters. The molecule has 2 rings (SSSR count). The molecule has 0 aliphatic carbocycles. The summed E-state index contributed by atoms with van der Waals surface area (Å²) in [5.74, 6) is -1.04. The summed E-state index contributed by atoms with van der Waals surface area (Å²) in [4.78, 5) is 22.0. The summed E-state index contributed by atoms with van der Waals surface area (Å²) in [6.45, 7) is 1.38. The smallest absolute Gasteiger partial charge is 0.314 e. The van der Waals surface area contributed by atoms with Crippen LogP contribution in [-0.2, 0) is 9.53 Å². The molecule has 1 saturated heterocycles. The Morgan fingerprint density at radius 3 is 2.70 bits per heavy atom. The Hall–Kier alpha value is -2.15. The minimum atomic E-state index is -0.877. The molecule has 2 amide bonds. The van der Waals surface area contributed by atoms with Crippen molar-refractivity contribution in [1.29, 1.82) is 0 Å². The van der Waals surface area contributed by atoms with Gasteiger partial charge in [-0.3, -0.25) is 4.79 Å². The second-order valence-electron chi connectivity index (χ2n) is 5.53. The zero-order valence-corrected chi connectivity index (χ0v) is 12.8. The Bertz CT molecular complexity index is 535. The molecule has 7 heteroatoms. The monoisotopic (exact) mass is 324 g/mol. The third-order valence-electron chi connectivity index (χ3n) is 3.79.